The lowest BCUT2D eigenvalue weighted by molar-refractivity contribution is -0.274. The molecule has 0 aliphatic carbocycles. The van der Waals surface area contributed by atoms with Crippen molar-refractivity contribution in [2.24, 2.45) is 0 Å². The Hall–Kier alpha value is -2.89. The average Bonchev–Trinajstić information content (AvgIpc) is 2.93. The Bertz CT molecular complexity index is 1080. The summed E-state index contributed by atoms with van der Waals surface area (Å²) in [5.74, 6) is 1.64. The molecular formula is C31H42F3N2O2P. The Balaban J connectivity index is 0.000000343. The molecule has 0 fully saturated rings. The van der Waals surface area contributed by atoms with Crippen LogP contribution in [0.2, 0.25) is 0 Å². The van der Waals surface area contributed by atoms with Crippen LogP contribution in [0.5, 0.6) is 5.75 Å². The van der Waals surface area contributed by atoms with E-state index in [-0.39, 0.29) is 5.75 Å². The maximum absolute atomic E-state index is 11.8. The first-order chi connectivity index (χ1) is 18.5. The second-order valence-electron chi connectivity index (χ2n) is 9.06. The quantitative estimate of drug-likeness (QED) is 0.276. The number of hydrogen-bond acceptors (Lipinski definition) is 4. The number of ether oxygens (including phenoxy) is 2. The van der Waals surface area contributed by atoms with E-state index in [1.54, 1.807) is 18.2 Å². The monoisotopic (exact) mass is 562 g/mol. The maximum Gasteiger partial charge on any atom is 0.573 e. The number of rotatable bonds is 4. The highest BCUT2D eigenvalue weighted by molar-refractivity contribution is 7.16. The molecule has 0 radical (unpaired) electrons. The van der Waals surface area contributed by atoms with Crippen LogP contribution in [-0.4, -0.2) is 44.3 Å². The summed E-state index contributed by atoms with van der Waals surface area (Å²) in [7, 11) is 4.69. The van der Waals surface area contributed by atoms with E-state index in [1.807, 2.05) is 13.8 Å². The van der Waals surface area contributed by atoms with Gasteiger partial charge in [0.25, 0.3) is 0 Å². The molecule has 0 amide bonds. The molecule has 0 N–H and O–H groups in total. The zero-order chi connectivity index (χ0) is 29.6. The summed E-state index contributed by atoms with van der Waals surface area (Å²) in [4.78, 5) is 7.06. The molecule has 3 atom stereocenters. The van der Waals surface area contributed by atoms with E-state index in [9.17, 15) is 13.2 Å². The first kappa shape index (κ1) is 34.1. The van der Waals surface area contributed by atoms with Gasteiger partial charge in [0.05, 0.1) is 18.9 Å². The number of benzene rings is 1. The molecule has 8 heteroatoms. The molecule has 4 rings (SSSR count). The van der Waals surface area contributed by atoms with Crippen molar-refractivity contribution in [3.63, 3.8) is 0 Å². The predicted molar refractivity (Wildman–Crippen MR) is 162 cm³/mol. The van der Waals surface area contributed by atoms with Gasteiger partial charge < -0.3 is 14.4 Å². The normalized spacial score (nSPS) is 16.9. The van der Waals surface area contributed by atoms with Gasteiger partial charge in [0.1, 0.15) is 11.6 Å². The maximum atomic E-state index is 11.8. The number of halogens is 3. The van der Waals surface area contributed by atoms with Gasteiger partial charge in [-0.1, -0.05) is 56.4 Å². The van der Waals surface area contributed by atoms with Crippen LogP contribution in [0.3, 0.4) is 0 Å². The largest absolute Gasteiger partial charge is 0.573 e. The fraction of sp³-hybridized carbons (Fsp3) is 0.387. The molecule has 39 heavy (non-hydrogen) atoms. The third-order valence-corrected chi connectivity index (χ3v) is 6.82. The van der Waals surface area contributed by atoms with E-state index in [2.05, 4.69) is 77.4 Å². The van der Waals surface area contributed by atoms with Gasteiger partial charge in [0.2, 0.25) is 0 Å². The van der Waals surface area contributed by atoms with Gasteiger partial charge in [-0.25, -0.2) is 4.98 Å². The third kappa shape index (κ3) is 11.0. The molecule has 1 aromatic heterocycles. The number of anilines is 1. The molecule has 1 aromatic carbocycles. The van der Waals surface area contributed by atoms with E-state index in [4.69, 9.17) is 9.72 Å². The molecule has 0 bridgehead atoms. The fourth-order valence-electron chi connectivity index (χ4n) is 3.91. The van der Waals surface area contributed by atoms with Crippen LogP contribution < -0.4 is 9.64 Å². The van der Waals surface area contributed by atoms with Gasteiger partial charge in [-0.3, -0.25) is 0 Å². The third-order valence-electron chi connectivity index (χ3n) is 6.11. The van der Waals surface area contributed by atoms with Crippen molar-refractivity contribution in [3.05, 3.63) is 97.3 Å². The minimum absolute atomic E-state index is 0.179. The van der Waals surface area contributed by atoms with E-state index >= 15 is 0 Å². The first-order valence-electron chi connectivity index (χ1n) is 12.8. The number of fused-ring (bicyclic) bond motifs is 1. The van der Waals surface area contributed by atoms with Gasteiger partial charge >= 0.3 is 6.36 Å². The van der Waals surface area contributed by atoms with Crippen LogP contribution >= 0.6 is 9.24 Å². The Labute approximate surface area is 234 Å². The van der Waals surface area contributed by atoms with Crippen molar-refractivity contribution >= 4 is 20.6 Å². The molecule has 2 aliphatic heterocycles. The SMILES string of the molecule is C=C.C=C1CN(C)c2nc(C3=CCOCC3)ccc2C1C.C=CC.CC(CP)c1ccc(OC(F)(F)F)cc1. The summed E-state index contributed by atoms with van der Waals surface area (Å²) in [6.45, 7) is 22.0. The van der Waals surface area contributed by atoms with Gasteiger partial charge in [-0.05, 0) is 54.8 Å². The van der Waals surface area contributed by atoms with Crippen LogP contribution in [-0.2, 0) is 4.74 Å². The standard InChI is InChI=1S/C16H20N2O.C10H12F3OP.C3H6.C2H4/c1-11-10-18(3)16-14(12(11)2)4-5-15(17-16)13-6-8-19-9-7-13;1-7(6-15)8-2-4-9(5-3-8)14-10(11,12)13;1-3-2;1-2/h4-6,12H,1,7-10H2,2-3H3;2-5,7H,6,15H2,1H3;3H,1H2,2H3;1-2H2. The zero-order valence-corrected chi connectivity index (χ0v) is 24.7. The van der Waals surface area contributed by atoms with Crippen LogP contribution in [0.15, 0.2) is 80.4 Å². The number of allylic oxidation sites excluding steroid dienone is 1. The summed E-state index contributed by atoms with van der Waals surface area (Å²) < 4.78 is 44.6. The smallest absolute Gasteiger partial charge is 0.406 e. The van der Waals surface area contributed by atoms with Gasteiger partial charge in [-0.2, -0.15) is 0 Å². The number of likely N-dealkylation sites (N-methyl/N-ethyl adjacent to an activating group) is 1. The number of alkyl halides is 3. The molecule has 3 unspecified atom stereocenters. The van der Waals surface area contributed by atoms with Gasteiger partial charge in [-0.15, -0.1) is 42.1 Å². The molecule has 0 spiro atoms. The average molecular weight is 563 g/mol. The molecule has 3 heterocycles. The van der Waals surface area contributed by atoms with E-state index in [0.717, 1.165) is 42.8 Å². The lowest BCUT2D eigenvalue weighted by Gasteiger charge is -2.32. The lowest BCUT2D eigenvalue weighted by Crippen LogP contribution is -2.29. The Kier molecular flexibility index (Phi) is 14.8. The zero-order valence-electron chi connectivity index (χ0n) is 23.6. The Morgan fingerprint density at radius 2 is 1.82 bits per heavy atom. The highest BCUT2D eigenvalue weighted by Crippen LogP contribution is 2.36. The summed E-state index contributed by atoms with van der Waals surface area (Å²) in [5, 5.41) is 0. The minimum Gasteiger partial charge on any atom is -0.406 e. The minimum atomic E-state index is -4.62. The van der Waals surface area contributed by atoms with Crippen LogP contribution in [0.4, 0.5) is 19.0 Å². The first-order valence-corrected chi connectivity index (χ1v) is 13.6. The van der Waals surface area contributed by atoms with Crippen molar-refractivity contribution < 1.29 is 22.6 Å². The number of pyridine rings is 1. The van der Waals surface area contributed by atoms with E-state index < -0.39 is 6.36 Å². The molecule has 0 saturated heterocycles. The highest BCUT2D eigenvalue weighted by Gasteiger charge is 2.31. The molecule has 214 valence electrons. The van der Waals surface area contributed by atoms with Crippen molar-refractivity contribution in [2.75, 3.05) is 37.9 Å². The summed E-state index contributed by atoms with van der Waals surface area (Å²) in [5.41, 5.74) is 5.94. The van der Waals surface area contributed by atoms with Crippen molar-refractivity contribution in [2.45, 2.75) is 45.4 Å². The van der Waals surface area contributed by atoms with Crippen molar-refractivity contribution in [1.29, 1.82) is 0 Å². The topological polar surface area (TPSA) is 34.6 Å². The van der Waals surface area contributed by atoms with Crippen LogP contribution in [0, 0.1) is 0 Å². The highest BCUT2D eigenvalue weighted by atomic mass is 31.0. The predicted octanol–water partition coefficient (Wildman–Crippen LogP) is 8.55. The Morgan fingerprint density at radius 1 is 1.21 bits per heavy atom. The second-order valence-corrected chi connectivity index (χ2v) is 9.53. The van der Waals surface area contributed by atoms with E-state index in [0.29, 0.717) is 18.4 Å². The molecular weight excluding hydrogens is 520 g/mol. The van der Waals surface area contributed by atoms with Crippen LogP contribution in [0.25, 0.3) is 5.57 Å². The van der Waals surface area contributed by atoms with Gasteiger partial charge in [0.15, 0.2) is 0 Å². The van der Waals surface area contributed by atoms with Gasteiger partial charge in [0, 0.05) is 25.1 Å². The van der Waals surface area contributed by atoms with Crippen LogP contribution in [0.1, 0.15) is 55.8 Å². The lowest BCUT2D eigenvalue weighted by atomic mass is 9.90. The fourth-order valence-corrected chi connectivity index (χ4v) is 4.18. The number of hydrogen-bond donors (Lipinski definition) is 0. The molecule has 0 saturated carbocycles. The Morgan fingerprint density at radius 3 is 2.33 bits per heavy atom. The summed E-state index contributed by atoms with van der Waals surface area (Å²) in [6.07, 6.45) is 1.11. The van der Waals surface area contributed by atoms with Crippen molar-refractivity contribution in [3.8, 4) is 5.75 Å². The second kappa shape index (κ2) is 16.9. The molecule has 2 aromatic rings. The summed E-state index contributed by atoms with van der Waals surface area (Å²) >= 11 is 0. The summed E-state index contributed by atoms with van der Waals surface area (Å²) in [6, 6.07) is 10.3. The van der Waals surface area contributed by atoms with E-state index in [1.165, 1.54) is 28.8 Å². The number of aromatic nitrogens is 1. The molecule has 4 nitrogen and oxygen atoms in total. The number of nitrogens with zero attached hydrogens (tertiary/aromatic N) is 2. The van der Waals surface area contributed by atoms with Crippen molar-refractivity contribution in [1.82, 2.24) is 4.98 Å². The molecule has 2 aliphatic rings.